The van der Waals surface area contributed by atoms with Crippen LogP contribution in [-0.4, -0.2) is 14.6 Å². The number of nitrogens with two attached hydrogens (primary N) is 1. The number of nitrogen functional groups attached to an aromatic ring is 1. The number of hydrogen-bond donors (Lipinski definition) is 1. The lowest BCUT2D eigenvalue weighted by atomic mass is 10.1. The van der Waals surface area contributed by atoms with Crippen LogP contribution < -0.4 is 5.73 Å². The van der Waals surface area contributed by atoms with E-state index in [9.17, 15) is 0 Å². The first-order valence-corrected chi connectivity index (χ1v) is 5.91. The average Bonchev–Trinajstić information content (AvgIpc) is 2.77. The van der Waals surface area contributed by atoms with E-state index in [1.165, 1.54) is 0 Å². The van der Waals surface area contributed by atoms with Gasteiger partial charge in [0.1, 0.15) is 0 Å². The zero-order valence-electron chi connectivity index (χ0n) is 8.84. The van der Waals surface area contributed by atoms with Gasteiger partial charge < -0.3 is 5.73 Å². The van der Waals surface area contributed by atoms with Gasteiger partial charge in [0.15, 0.2) is 11.5 Å². The van der Waals surface area contributed by atoms with Crippen molar-refractivity contribution in [2.24, 2.45) is 0 Å². The summed E-state index contributed by atoms with van der Waals surface area (Å²) >= 11 is 3.41. The molecule has 0 unspecified atom stereocenters. The van der Waals surface area contributed by atoms with Gasteiger partial charge in [-0.15, -0.1) is 10.2 Å². The largest absolute Gasteiger partial charge is 0.397 e. The van der Waals surface area contributed by atoms with E-state index in [1.807, 2.05) is 47.0 Å². The quantitative estimate of drug-likeness (QED) is 0.701. The first kappa shape index (κ1) is 10.3. The van der Waals surface area contributed by atoms with Crippen LogP contribution in [0.5, 0.6) is 0 Å². The van der Waals surface area contributed by atoms with Crippen molar-refractivity contribution in [1.82, 2.24) is 14.6 Å². The van der Waals surface area contributed by atoms with Crippen LogP contribution in [0.3, 0.4) is 0 Å². The van der Waals surface area contributed by atoms with Gasteiger partial charge in [0.25, 0.3) is 0 Å². The van der Waals surface area contributed by atoms with E-state index in [0.29, 0.717) is 5.69 Å². The highest BCUT2D eigenvalue weighted by atomic mass is 79.9. The molecule has 4 nitrogen and oxygen atoms in total. The Bertz CT molecular complexity index is 690. The van der Waals surface area contributed by atoms with Crippen LogP contribution in [-0.2, 0) is 0 Å². The number of aromatic nitrogens is 3. The van der Waals surface area contributed by atoms with Crippen molar-refractivity contribution < 1.29 is 0 Å². The Morgan fingerprint density at radius 3 is 2.82 bits per heavy atom. The SMILES string of the molecule is Nc1c(Br)cccc1-c1nnc2ccccn12. The molecule has 0 aliphatic heterocycles. The van der Waals surface area contributed by atoms with Crippen molar-refractivity contribution in [3.05, 3.63) is 47.1 Å². The number of nitrogens with zero attached hydrogens (tertiary/aromatic N) is 3. The lowest BCUT2D eigenvalue weighted by molar-refractivity contribution is 1.11. The van der Waals surface area contributed by atoms with Crippen LogP contribution in [0, 0.1) is 0 Å². The number of hydrogen-bond acceptors (Lipinski definition) is 3. The van der Waals surface area contributed by atoms with Crippen molar-refractivity contribution >= 4 is 27.3 Å². The zero-order chi connectivity index (χ0) is 11.8. The molecule has 0 saturated carbocycles. The summed E-state index contributed by atoms with van der Waals surface area (Å²) in [6.45, 7) is 0. The minimum absolute atomic E-state index is 0.672. The van der Waals surface area contributed by atoms with E-state index in [1.54, 1.807) is 0 Å². The fraction of sp³-hybridized carbons (Fsp3) is 0. The molecule has 2 heterocycles. The lowest BCUT2D eigenvalue weighted by Gasteiger charge is -2.05. The Morgan fingerprint density at radius 2 is 1.94 bits per heavy atom. The van der Waals surface area contributed by atoms with Gasteiger partial charge in [0.05, 0.1) is 5.69 Å². The van der Waals surface area contributed by atoms with Gasteiger partial charge in [-0.2, -0.15) is 0 Å². The number of rotatable bonds is 1. The summed E-state index contributed by atoms with van der Waals surface area (Å²) in [5.74, 6) is 0.749. The Hall–Kier alpha value is -1.88. The van der Waals surface area contributed by atoms with E-state index < -0.39 is 0 Å². The van der Waals surface area contributed by atoms with Crippen molar-refractivity contribution in [2.75, 3.05) is 5.73 Å². The van der Waals surface area contributed by atoms with E-state index in [-0.39, 0.29) is 0 Å². The monoisotopic (exact) mass is 288 g/mol. The third kappa shape index (κ3) is 1.59. The normalized spacial score (nSPS) is 10.9. The fourth-order valence-corrected chi connectivity index (χ4v) is 2.12. The van der Waals surface area contributed by atoms with E-state index in [0.717, 1.165) is 21.5 Å². The van der Waals surface area contributed by atoms with Crippen LogP contribution in [0.4, 0.5) is 5.69 Å². The third-order valence-electron chi connectivity index (χ3n) is 2.61. The number of benzene rings is 1. The minimum atomic E-state index is 0.672. The Labute approximate surface area is 106 Å². The number of fused-ring (bicyclic) bond motifs is 1. The molecular formula is C12H9BrN4. The van der Waals surface area contributed by atoms with E-state index in [2.05, 4.69) is 26.1 Å². The highest BCUT2D eigenvalue weighted by Gasteiger charge is 2.11. The molecule has 0 atom stereocenters. The number of anilines is 1. The summed E-state index contributed by atoms with van der Waals surface area (Å²) < 4.78 is 2.78. The molecule has 0 bridgehead atoms. The topological polar surface area (TPSA) is 56.2 Å². The van der Waals surface area contributed by atoms with Gasteiger partial charge in [-0.3, -0.25) is 4.40 Å². The Kier molecular flexibility index (Phi) is 2.33. The van der Waals surface area contributed by atoms with Gasteiger partial charge in [-0.05, 0) is 40.2 Å². The van der Waals surface area contributed by atoms with Gasteiger partial charge in [-0.25, -0.2) is 0 Å². The maximum absolute atomic E-state index is 6.04. The fourth-order valence-electron chi connectivity index (χ4n) is 1.76. The molecule has 5 heteroatoms. The van der Waals surface area contributed by atoms with Crippen molar-refractivity contribution in [1.29, 1.82) is 0 Å². The van der Waals surface area contributed by atoms with Gasteiger partial charge in [0.2, 0.25) is 0 Å². The zero-order valence-corrected chi connectivity index (χ0v) is 10.4. The van der Waals surface area contributed by atoms with Crippen LogP contribution in [0.2, 0.25) is 0 Å². The summed E-state index contributed by atoms with van der Waals surface area (Å²) in [5.41, 5.74) is 8.39. The van der Waals surface area contributed by atoms with Crippen LogP contribution in [0.15, 0.2) is 47.1 Å². The van der Waals surface area contributed by atoms with Crippen molar-refractivity contribution in [3.8, 4) is 11.4 Å². The van der Waals surface area contributed by atoms with Crippen molar-refractivity contribution in [3.63, 3.8) is 0 Å². The van der Waals surface area contributed by atoms with Gasteiger partial charge in [0, 0.05) is 16.2 Å². The predicted molar refractivity (Wildman–Crippen MR) is 70.5 cm³/mol. The highest BCUT2D eigenvalue weighted by Crippen LogP contribution is 2.30. The summed E-state index contributed by atoms with van der Waals surface area (Å²) in [6.07, 6.45) is 1.92. The summed E-state index contributed by atoms with van der Waals surface area (Å²) in [5, 5.41) is 8.29. The maximum atomic E-state index is 6.04. The Morgan fingerprint density at radius 1 is 1.06 bits per heavy atom. The second-order valence-corrected chi connectivity index (χ2v) is 4.51. The molecule has 0 spiro atoms. The first-order chi connectivity index (χ1) is 8.27. The number of halogens is 1. The summed E-state index contributed by atoms with van der Waals surface area (Å²) in [6, 6.07) is 11.5. The number of pyridine rings is 1. The molecule has 1 aromatic carbocycles. The smallest absolute Gasteiger partial charge is 0.170 e. The molecule has 3 aromatic rings. The van der Waals surface area contributed by atoms with Gasteiger partial charge in [-0.1, -0.05) is 12.1 Å². The molecule has 17 heavy (non-hydrogen) atoms. The molecule has 2 aromatic heterocycles. The molecule has 84 valence electrons. The maximum Gasteiger partial charge on any atom is 0.170 e. The Balaban J connectivity index is 2.31. The molecule has 0 amide bonds. The molecule has 0 saturated heterocycles. The second kappa shape index (κ2) is 3.85. The van der Waals surface area contributed by atoms with Crippen LogP contribution >= 0.6 is 15.9 Å². The number of para-hydroxylation sites is 1. The molecule has 0 aliphatic carbocycles. The molecule has 0 aliphatic rings. The van der Waals surface area contributed by atoms with Crippen LogP contribution in [0.25, 0.3) is 17.0 Å². The highest BCUT2D eigenvalue weighted by molar-refractivity contribution is 9.10. The van der Waals surface area contributed by atoms with E-state index in [4.69, 9.17) is 5.73 Å². The standard InChI is InChI=1S/C12H9BrN4/c13-9-5-3-4-8(11(9)14)12-16-15-10-6-1-2-7-17(10)12/h1-7H,14H2. The molecular weight excluding hydrogens is 280 g/mol. The third-order valence-corrected chi connectivity index (χ3v) is 3.30. The second-order valence-electron chi connectivity index (χ2n) is 3.65. The predicted octanol–water partition coefficient (Wildman–Crippen LogP) is 2.74. The average molecular weight is 289 g/mol. The molecule has 3 rings (SSSR count). The summed E-state index contributed by atoms with van der Waals surface area (Å²) in [7, 11) is 0. The molecule has 2 N–H and O–H groups in total. The van der Waals surface area contributed by atoms with Crippen LogP contribution in [0.1, 0.15) is 0 Å². The minimum Gasteiger partial charge on any atom is -0.397 e. The molecule has 0 radical (unpaired) electrons. The lowest BCUT2D eigenvalue weighted by Crippen LogP contribution is -1.95. The molecule has 0 fully saturated rings. The first-order valence-electron chi connectivity index (χ1n) is 5.11. The summed E-state index contributed by atoms with van der Waals surface area (Å²) in [4.78, 5) is 0. The van der Waals surface area contributed by atoms with Crippen molar-refractivity contribution in [2.45, 2.75) is 0 Å². The van der Waals surface area contributed by atoms with E-state index >= 15 is 0 Å². The van der Waals surface area contributed by atoms with Gasteiger partial charge >= 0.3 is 0 Å².